The molecule has 3 aromatic rings. The Hall–Kier alpha value is -10.6. The molecule has 110 heavy (non-hydrogen) atoms. The van der Waals surface area contributed by atoms with Crippen molar-refractivity contribution in [1.82, 2.24) is 83.7 Å². The summed E-state index contributed by atoms with van der Waals surface area (Å²) in [6, 6.07) is -13.6. The normalized spacial score (nSPS) is 24.0. The second-order valence-electron chi connectivity index (χ2n) is 27.5. The summed E-state index contributed by atoms with van der Waals surface area (Å²) in [5, 5.41) is 61.4. The van der Waals surface area contributed by atoms with Crippen molar-refractivity contribution in [3.63, 3.8) is 0 Å². The number of imidazole rings is 1. The molecule has 0 unspecified atom stereocenters. The van der Waals surface area contributed by atoms with Crippen molar-refractivity contribution in [2.24, 2.45) is 34.0 Å². The van der Waals surface area contributed by atoms with Crippen LogP contribution in [-0.2, 0) is 89.6 Å². The first-order valence-electron chi connectivity index (χ1n) is 36.1. The zero-order valence-electron chi connectivity index (χ0n) is 62.6. The van der Waals surface area contributed by atoms with Crippen molar-refractivity contribution in [3.8, 4) is 0 Å². The monoisotopic (exact) mass is 1580 g/mol. The Balaban J connectivity index is 1.67. The van der Waals surface area contributed by atoms with E-state index in [4.69, 9.17) is 17.2 Å². The van der Waals surface area contributed by atoms with Gasteiger partial charge < -0.3 is 111 Å². The third-order valence-electron chi connectivity index (χ3n) is 18.4. The molecule has 0 bridgehead atoms. The molecular formula is C69H104N20O19S2. The highest BCUT2D eigenvalue weighted by molar-refractivity contribution is 8.76. The molecule has 2 fully saturated rings. The molecule has 0 spiro atoms. The molecule has 14 amide bonds. The quantitative estimate of drug-likeness (QED) is 0.0176. The molecule has 1 aliphatic heterocycles. The number of carbonyl (C=O) groups is 16. The molecule has 14 atom stereocenters. The highest BCUT2D eigenvalue weighted by Gasteiger charge is 2.42. The van der Waals surface area contributed by atoms with Gasteiger partial charge in [-0.05, 0) is 76.3 Å². The second-order valence-corrected chi connectivity index (χ2v) is 30.0. The number of aromatic amines is 2. The van der Waals surface area contributed by atoms with Gasteiger partial charge in [-0.25, -0.2) is 9.78 Å². The Morgan fingerprint density at radius 2 is 1.30 bits per heavy atom. The number of hydrogen-bond donors (Lipinski definition) is 20. The Kier molecular flexibility index (Phi) is 36.2. The molecule has 3 heterocycles. The fraction of sp³-hybridized carbons (Fsp3) is 0.594. The van der Waals surface area contributed by atoms with Crippen molar-refractivity contribution < 1.29 is 92.0 Å². The SMILES string of the molecule is CC[C@H](C)[C@H](NC(C)=O)C(=O)N[C@H]1CSSC[C@@H](C(=O)N[C@H](C(=O)O)[C@@H](C)O)NC(=O)[C@H](CCCN=C(N)N)NC(=O)[C@@H](Cc2cnc[nH]2)NC(=O)[C@H](C)NC(=O)CNC(=O)[C@H](Cc2c[nH]c3ccccc23)NC(=O)[C@@H](CC(=O)O)NC(=O)[C@H](CCC(N)=O)NC(=O)[C@@H](C)N(C2CCCCC2)C(=O)[C@H](C(C)C)NC1=O. The molecular weight excluding hydrogens is 1480 g/mol. The molecule has 606 valence electrons. The third kappa shape index (κ3) is 28.5. The fourth-order valence-electron chi connectivity index (χ4n) is 12.1. The van der Waals surface area contributed by atoms with Crippen molar-refractivity contribution in [2.45, 2.75) is 224 Å². The first-order valence-corrected chi connectivity index (χ1v) is 38.6. The van der Waals surface area contributed by atoms with E-state index in [0.29, 0.717) is 48.6 Å². The summed E-state index contributed by atoms with van der Waals surface area (Å²) < 4.78 is 0. The van der Waals surface area contributed by atoms with Gasteiger partial charge in [-0.1, -0.05) is 93.2 Å². The van der Waals surface area contributed by atoms with Gasteiger partial charge in [-0.2, -0.15) is 0 Å². The van der Waals surface area contributed by atoms with Crippen LogP contribution in [0.5, 0.6) is 0 Å². The number of H-pyrrole nitrogens is 2. The molecule has 1 saturated heterocycles. The number of carboxylic acids is 2. The average Bonchev–Trinajstić information content (AvgIpc) is 1.31. The number of primary amides is 1. The number of guanidine groups is 1. The number of rotatable bonds is 24. The molecule has 39 nitrogen and oxygen atoms in total. The minimum Gasteiger partial charge on any atom is -0.481 e. The first kappa shape index (κ1) is 90.0. The van der Waals surface area contributed by atoms with Gasteiger partial charge in [-0.3, -0.25) is 76.9 Å². The lowest BCUT2D eigenvalue weighted by Gasteiger charge is -2.41. The van der Waals surface area contributed by atoms with E-state index in [2.05, 4.69) is 83.7 Å². The van der Waals surface area contributed by atoms with Crippen LogP contribution in [0, 0.1) is 11.8 Å². The molecule has 1 aliphatic carbocycles. The largest absolute Gasteiger partial charge is 0.481 e. The predicted molar refractivity (Wildman–Crippen MR) is 402 cm³/mol. The van der Waals surface area contributed by atoms with Crippen LogP contribution in [0.2, 0.25) is 0 Å². The summed E-state index contributed by atoms with van der Waals surface area (Å²) >= 11 is 0. The Morgan fingerprint density at radius 1 is 0.691 bits per heavy atom. The molecule has 1 saturated carbocycles. The average molecular weight is 1580 g/mol. The lowest BCUT2D eigenvalue weighted by molar-refractivity contribution is -0.148. The van der Waals surface area contributed by atoms with E-state index in [1.165, 1.54) is 44.4 Å². The molecule has 23 N–H and O–H groups in total. The highest BCUT2D eigenvalue weighted by Crippen LogP contribution is 2.28. The number of aliphatic carboxylic acids is 2. The molecule has 2 aromatic heterocycles. The van der Waals surface area contributed by atoms with Crippen LogP contribution in [0.15, 0.2) is 48.0 Å². The summed E-state index contributed by atoms with van der Waals surface area (Å²) in [4.78, 5) is 240. The van der Waals surface area contributed by atoms with Crippen LogP contribution in [0.4, 0.5) is 0 Å². The molecule has 0 radical (unpaired) electrons. The summed E-state index contributed by atoms with van der Waals surface area (Å²) in [6.45, 7) is 10.5. The van der Waals surface area contributed by atoms with Gasteiger partial charge in [0.1, 0.15) is 66.5 Å². The third-order valence-corrected chi connectivity index (χ3v) is 20.8. The topological polar surface area (TPSA) is 616 Å². The van der Waals surface area contributed by atoms with Crippen molar-refractivity contribution in [3.05, 3.63) is 54.2 Å². The number of carbonyl (C=O) groups excluding carboxylic acids is 14. The Bertz CT molecular complexity index is 3780. The molecule has 5 rings (SSSR count). The molecule has 41 heteroatoms. The molecule has 2 aliphatic rings. The highest BCUT2D eigenvalue weighted by atomic mass is 33.1. The predicted octanol–water partition coefficient (Wildman–Crippen LogP) is -3.93. The second kappa shape index (κ2) is 44.2. The number of aromatic nitrogens is 3. The summed E-state index contributed by atoms with van der Waals surface area (Å²) in [6.07, 6.45) is 2.22. The van der Waals surface area contributed by atoms with Crippen molar-refractivity contribution in [1.29, 1.82) is 0 Å². The van der Waals surface area contributed by atoms with E-state index in [9.17, 15) is 82.4 Å². The maximum absolute atomic E-state index is 15.5. The number of fused-ring (bicyclic) bond motifs is 1. The zero-order chi connectivity index (χ0) is 81.6. The standard InChI is InChI=1S/C69H104N20O19S2/c1-9-34(4)55(79-38(8)91)66(105)86-50-31-110-109-30-49(65(104)88-56(37(7)90)68(107)108)85-60(99)44(20-15-23-74-69(71)72)81-62(101)47(25-40-28-73-32-77-40)82-57(96)35(5)78-52(93)29-76-59(98)46(24-39-27-75-43-19-14-13-18-42(39)43)83-63(102)48(26-53(94)95)84-61(100)45(21-22-51(70)92)80-58(97)36(6)89(41-16-11-10-12-17-41)67(106)54(33(2)3)87-64(50)103/h13-14,18-19,27-28,32-37,41,44-50,54-56,75,90H,9-12,15-17,20-26,29-31H2,1-8H3,(H2,70,92)(H,73,77)(H,76,98)(H,78,93)(H,79,91)(H,80,97)(H,81,101)(H,82,96)(H,83,102)(H,84,100)(H,85,99)(H,86,105)(H,87,103)(H,88,104)(H,94,95)(H,107,108)(H4,71,72,74)/t34-,35-,36+,37+,44-,45-,46-,47+,48+,49-,50-,54-,55-,56-/m0/s1. The van der Waals surface area contributed by atoms with Crippen LogP contribution < -0.4 is 81.0 Å². The number of para-hydroxylation sites is 1. The van der Waals surface area contributed by atoms with Gasteiger partial charge in [0.2, 0.25) is 82.7 Å². The Labute approximate surface area is 642 Å². The number of benzene rings is 1. The minimum absolute atomic E-state index is 0.0248. The number of carboxylic acid groups (broad SMARTS) is 2. The van der Waals surface area contributed by atoms with Gasteiger partial charge in [0.25, 0.3) is 0 Å². The smallest absolute Gasteiger partial charge is 0.328 e. The van der Waals surface area contributed by atoms with E-state index in [1.54, 1.807) is 52.0 Å². The van der Waals surface area contributed by atoms with Gasteiger partial charge in [-0.15, -0.1) is 0 Å². The van der Waals surface area contributed by atoms with E-state index >= 15 is 9.59 Å². The summed E-state index contributed by atoms with van der Waals surface area (Å²) in [7, 11) is 1.64. The summed E-state index contributed by atoms with van der Waals surface area (Å²) in [5.74, 6) is -19.8. The van der Waals surface area contributed by atoms with Crippen molar-refractivity contribution in [2.75, 3.05) is 24.6 Å². The Morgan fingerprint density at radius 3 is 1.92 bits per heavy atom. The lowest BCUT2D eigenvalue weighted by atomic mass is 9.91. The summed E-state index contributed by atoms with van der Waals surface area (Å²) in [5.41, 5.74) is 18.1. The number of aliphatic imine (C=N–C) groups is 1. The maximum atomic E-state index is 15.5. The van der Waals surface area contributed by atoms with Crippen molar-refractivity contribution >= 4 is 133 Å². The zero-order valence-corrected chi connectivity index (χ0v) is 64.2. The molecule has 1 aromatic carbocycles. The van der Waals surface area contributed by atoms with Gasteiger partial charge >= 0.3 is 11.9 Å². The number of aliphatic hydroxyl groups is 1. The van der Waals surface area contributed by atoms with E-state index in [1.807, 2.05) is 0 Å². The van der Waals surface area contributed by atoms with Crippen LogP contribution in [0.25, 0.3) is 10.9 Å². The van der Waals surface area contributed by atoms with Crippen LogP contribution >= 0.6 is 21.6 Å². The number of aliphatic hydroxyl groups excluding tert-OH is 1. The number of hydrogen-bond acceptors (Lipinski definition) is 21. The number of nitrogens with two attached hydrogens (primary N) is 3. The van der Waals surface area contributed by atoms with Gasteiger partial charge in [0, 0.05) is 79.3 Å². The van der Waals surface area contributed by atoms with Crippen LogP contribution in [0.1, 0.15) is 137 Å². The lowest BCUT2D eigenvalue weighted by Crippen LogP contribution is -2.63. The minimum atomic E-state index is -2.03. The number of nitrogens with zero attached hydrogens (tertiary/aromatic N) is 3. The number of amides is 14. The van der Waals surface area contributed by atoms with Gasteiger partial charge in [0.05, 0.1) is 25.4 Å². The van der Waals surface area contributed by atoms with E-state index in [0.717, 1.165) is 34.9 Å². The van der Waals surface area contributed by atoms with E-state index in [-0.39, 0.29) is 43.9 Å². The van der Waals surface area contributed by atoms with E-state index < -0.39 is 228 Å². The maximum Gasteiger partial charge on any atom is 0.328 e. The van der Waals surface area contributed by atoms with Crippen LogP contribution in [0.3, 0.4) is 0 Å². The van der Waals surface area contributed by atoms with Crippen LogP contribution in [-0.4, -0.2) is 245 Å². The number of nitrogens with one attached hydrogen (secondary N) is 14. The van der Waals surface area contributed by atoms with Gasteiger partial charge in [0.15, 0.2) is 12.0 Å². The first-order chi connectivity index (χ1) is 52.0. The fourth-order valence-corrected chi connectivity index (χ4v) is 14.4.